The molecule has 0 heterocycles. The van der Waals surface area contributed by atoms with Gasteiger partial charge in [-0.2, -0.15) is 21.0 Å². The van der Waals surface area contributed by atoms with Crippen LogP contribution in [-0.4, -0.2) is 24.6 Å². The number of nitriles is 4. The first-order chi connectivity index (χ1) is 13.1. The van der Waals surface area contributed by atoms with E-state index in [2.05, 4.69) is 49.4 Å². The lowest BCUT2D eigenvalue weighted by Gasteiger charge is -2.19. The minimum Gasteiger partial charge on any atom is -0.198 e. The van der Waals surface area contributed by atoms with Crippen LogP contribution in [0.2, 0.25) is 0 Å². The molecule has 0 bridgehead atoms. The Morgan fingerprint density at radius 3 is 1.56 bits per heavy atom. The zero-order valence-corrected chi connectivity index (χ0v) is 17.8. The zero-order valence-electron chi connectivity index (χ0n) is 16.0. The Hall–Kier alpha value is -1.96. The van der Waals surface area contributed by atoms with Crippen molar-refractivity contribution in [3.8, 4) is 24.3 Å². The van der Waals surface area contributed by atoms with Crippen LogP contribution in [0.1, 0.15) is 42.4 Å². The molecule has 0 amide bonds. The molecule has 0 aliphatic rings. The fraction of sp³-hybridized carbons (Fsp3) is 0.524. The van der Waals surface area contributed by atoms with Gasteiger partial charge in [-0.05, 0) is 60.6 Å². The van der Waals surface area contributed by atoms with Gasteiger partial charge in [-0.15, -0.1) is 15.8 Å². The molecule has 0 N–H and O–H groups in total. The minimum absolute atomic E-state index is 0.317. The largest absolute Gasteiger partial charge is 0.198 e. The van der Waals surface area contributed by atoms with Crippen molar-refractivity contribution in [1.29, 1.82) is 21.0 Å². The molecule has 4 nitrogen and oxygen atoms in total. The second-order valence-corrected chi connectivity index (χ2v) is 11.6. The highest BCUT2D eigenvalue weighted by molar-refractivity contribution is 7.57. The van der Waals surface area contributed by atoms with Gasteiger partial charge in [0.2, 0.25) is 0 Å². The van der Waals surface area contributed by atoms with Gasteiger partial charge >= 0.3 is 0 Å². The smallest absolute Gasteiger partial charge is 0.0625 e. The monoisotopic (exact) mass is 396 g/mol. The molecule has 0 atom stereocenters. The maximum atomic E-state index is 8.86. The maximum Gasteiger partial charge on any atom is 0.0625 e. The van der Waals surface area contributed by atoms with Crippen LogP contribution in [0.25, 0.3) is 0 Å². The number of benzene rings is 1. The molecule has 1 aromatic rings. The van der Waals surface area contributed by atoms with E-state index in [1.807, 2.05) is 0 Å². The molecule has 0 fully saturated rings. The van der Waals surface area contributed by atoms with Crippen LogP contribution in [0, 0.1) is 52.2 Å². The summed E-state index contributed by atoms with van der Waals surface area (Å²) >= 11 is 0. The van der Waals surface area contributed by atoms with Gasteiger partial charge in [0, 0.05) is 25.7 Å². The van der Waals surface area contributed by atoms with Crippen LogP contribution >= 0.6 is 15.8 Å². The molecule has 6 heteroatoms. The van der Waals surface area contributed by atoms with E-state index >= 15 is 0 Å². The number of hydrogen-bond acceptors (Lipinski definition) is 4. The Kier molecular flexibility index (Phi) is 12.1. The van der Waals surface area contributed by atoms with Crippen LogP contribution < -0.4 is 0 Å². The number of nitrogens with zero attached hydrogens (tertiary/aromatic N) is 4. The summed E-state index contributed by atoms with van der Waals surface area (Å²) in [7, 11) is -0.637. The van der Waals surface area contributed by atoms with Crippen LogP contribution in [-0.2, 0) is 12.3 Å². The molecular weight excluding hydrogens is 370 g/mol. The quantitative estimate of drug-likeness (QED) is 0.429. The number of rotatable bonds is 12. The van der Waals surface area contributed by atoms with E-state index in [4.69, 9.17) is 21.0 Å². The van der Waals surface area contributed by atoms with Gasteiger partial charge < -0.3 is 0 Å². The second kappa shape index (κ2) is 14.1. The Morgan fingerprint density at radius 2 is 1.15 bits per heavy atom. The molecule has 27 heavy (non-hydrogen) atoms. The molecule has 1 rings (SSSR count). The molecular formula is C21H26N4P2. The lowest BCUT2D eigenvalue weighted by Crippen LogP contribution is -1.98. The highest BCUT2D eigenvalue weighted by atomic mass is 31.1. The highest BCUT2D eigenvalue weighted by Crippen LogP contribution is 2.43. The third kappa shape index (κ3) is 9.51. The molecule has 0 spiro atoms. The molecule has 0 saturated heterocycles. The highest BCUT2D eigenvalue weighted by Gasteiger charge is 2.13. The molecule has 0 aromatic heterocycles. The van der Waals surface area contributed by atoms with Gasteiger partial charge in [0.25, 0.3) is 0 Å². The zero-order chi connectivity index (χ0) is 19.9. The molecule has 0 saturated carbocycles. The standard InChI is InChI=1S/C21H26N4P2/c1-19-16-20(17-26(12-2-8-22)13-3-9-23)6-7-21(19)18-27(14-4-10-24)15-5-11-25/h6-7,16H,2-5,12-15,17-18H2,1H3. The van der Waals surface area contributed by atoms with Crippen molar-refractivity contribution in [1.82, 2.24) is 0 Å². The summed E-state index contributed by atoms with van der Waals surface area (Å²) in [5, 5.41) is 35.4. The van der Waals surface area contributed by atoms with Crippen LogP contribution in [0.15, 0.2) is 18.2 Å². The SMILES string of the molecule is Cc1cc(CP(CCC#N)CCC#N)ccc1CP(CCC#N)CCC#N. The summed E-state index contributed by atoms with van der Waals surface area (Å²) in [5.41, 5.74) is 3.88. The van der Waals surface area contributed by atoms with E-state index in [0.29, 0.717) is 25.7 Å². The fourth-order valence-electron chi connectivity index (χ4n) is 2.91. The van der Waals surface area contributed by atoms with Crippen molar-refractivity contribution in [2.75, 3.05) is 24.6 Å². The Balaban J connectivity index is 2.78. The predicted molar refractivity (Wildman–Crippen MR) is 113 cm³/mol. The second-order valence-electron chi connectivity index (χ2n) is 6.45. The molecule has 0 aliphatic carbocycles. The van der Waals surface area contributed by atoms with Crippen molar-refractivity contribution < 1.29 is 0 Å². The van der Waals surface area contributed by atoms with E-state index < -0.39 is 0 Å². The third-order valence-electron chi connectivity index (χ3n) is 4.37. The molecule has 140 valence electrons. The summed E-state index contributed by atoms with van der Waals surface area (Å²) in [6.45, 7) is 2.13. The average Bonchev–Trinajstić information content (AvgIpc) is 2.67. The van der Waals surface area contributed by atoms with Crippen LogP contribution in [0.4, 0.5) is 0 Å². The van der Waals surface area contributed by atoms with Crippen molar-refractivity contribution >= 4 is 15.8 Å². The first-order valence-corrected chi connectivity index (χ1v) is 12.9. The Bertz CT molecular complexity index is 713. The minimum atomic E-state index is -0.320. The van der Waals surface area contributed by atoms with E-state index in [-0.39, 0.29) is 15.8 Å². The third-order valence-corrected chi connectivity index (χ3v) is 9.39. The fourth-order valence-corrected chi connectivity index (χ4v) is 7.20. The van der Waals surface area contributed by atoms with Gasteiger partial charge in [0.15, 0.2) is 0 Å². The summed E-state index contributed by atoms with van der Waals surface area (Å²) in [5.74, 6) is 0. The summed E-state index contributed by atoms with van der Waals surface area (Å²) in [4.78, 5) is 0. The van der Waals surface area contributed by atoms with Gasteiger partial charge in [0.05, 0.1) is 24.3 Å². The lowest BCUT2D eigenvalue weighted by molar-refractivity contribution is 1.14. The summed E-state index contributed by atoms with van der Waals surface area (Å²) in [6.07, 6.45) is 7.83. The molecule has 0 unspecified atom stereocenters. The first-order valence-electron chi connectivity index (χ1n) is 9.15. The molecule has 0 radical (unpaired) electrons. The van der Waals surface area contributed by atoms with E-state index in [1.54, 1.807) is 0 Å². The van der Waals surface area contributed by atoms with Crippen molar-refractivity contribution in [2.24, 2.45) is 0 Å². The Morgan fingerprint density at radius 1 is 0.704 bits per heavy atom. The van der Waals surface area contributed by atoms with E-state index in [1.165, 1.54) is 16.7 Å². The van der Waals surface area contributed by atoms with Crippen molar-refractivity contribution in [3.63, 3.8) is 0 Å². The molecule has 1 aromatic carbocycles. The van der Waals surface area contributed by atoms with E-state index in [9.17, 15) is 0 Å². The predicted octanol–water partition coefficient (Wildman–Crippen LogP) is 5.61. The van der Waals surface area contributed by atoms with Gasteiger partial charge in [0.1, 0.15) is 0 Å². The number of hydrogen-bond donors (Lipinski definition) is 0. The van der Waals surface area contributed by atoms with Crippen LogP contribution in [0.3, 0.4) is 0 Å². The summed E-state index contributed by atoms with van der Waals surface area (Å²) < 4.78 is 0. The Labute approximate surface area is 165 Å². The maximum absolute atomic E-state index is 8.86. The van der Waals surface area contributed by atoms with Crippen LogP contribution in [0.5, 0.6) is 0 Å². The van der Waals surface area contributed by atoms with Gasteiger partial charge in [-0.3, -0.25) is 0 Å². The van der Waals surface area contributed by atoms with Crippen molar-refractivity contribution in [3.05, 3.63) is 34.9 Å². The number of aryl methyl sites for hydroxylation is 1. The normalized spacial score (nSPS) is 10.2. The lowest BCUT2D eigenvalue weighted by atomic mass is 10.1. The van der Waals surface area contributed by atoms with Crippen molar-refractivity contribution in [2.45, 2.75) is 44.9 Å². The summed E-state index contributed by atoms with van der Waals surface area (Å²) in [6, 6.07) is 15.5. The van der Waals surface area contributed by atoms with E-state index in [0.717, 1.165) is 37.0 Å². The average molecular weight is 396 g/mol. The first kappa shape index (κ1) is 23.1. The van der Waals surface area contributed by atoms with Gasteiger partial charge in [-0.25, -0.2) is 0 Å². The molecule has 0 aliphatic heterocycles. The van der Waals surface area contributed by atoms with Gasteiger partial charge in [-0.1, -0.05) is 18.2 Å². The topological polar surface area (TPSA) is 95.2 Å².